The summed E-state index contributed by atoms with van der Waals surface area (Å²) in [5.41, 5.74) is 0.0970. The summed E-state index contributed by atoms with van der Waals surface area (Å²) >= 11 is 0. The number of carboxylic acid groups (broad SMARTS) is 1. The Morgan fingerprint density at radius 3 is 2.22 bits per heavy atom. The number of aliphatic carboxylic acids is 1. The zero-order valence-corrected chi connectivity index (χ0v) is 10.3. The average Bonchev–Trinajstić information content (AvgIpc) is 3.10. The van der Waals surface area contributed by atoms with Gasteiger partial charge in [-0.05, 0) is 30.5 Å². The number of hydrogen-bond donors (Lipinski definition) is 1. The third-order valence-electron chi connectivity index (χ3n) is 4.41. The number of carbonyl (C=O) groups is 1. The second kappa shape index (κ2) is 3.72. The third-order valence-corrected chi connectivity index (χ3v) is 4.41. The van der Waals surface area contributed by atoms with Gasteiger partial charge in [0.05, 0.1) is 31.2 Å². The van der Waals surface area contributed by atoms with Crippen LogP contribution in [0, 0.1) is 5.41 Å². The van der Waals surface area contributed by atoms with Gasteiger partial charge in [0.1, 0.15) is 5.75 Å². The fourth-order valence-corrected chi connectivity index (χ4v) is 2.96. The fraction of sp³-hybridized carbons (Fsp3) is 0.500. The average molecular weight is 248 g/mol. The summed E-state index contributed by atoms with van der Waals surface area (Å²) in [7, 11) is 1.62. The molecule has 0 atom stereocenters. The van der Waals surface area contributed by atoms with Gasteiger partial charge in [-0.15, -0.1) is 0 Å². The molecule has 0 bridgehead atoms. The Labute approximate surface area is 106 Å². The molecule has 18 heavy (non-hydrogen) atoms. The van der Waals surface area contributed by atoms with Crippen molar-refractivity contribution in [1.29, 1.82) is 0 Å². The van der Waals surface area contributed by atoms with E-state index in [1.54, 1.807) is 7.11 Å². The summed E-state index contributed by atoms with van der Waals surface area (Å²) in [4.78, 5) is 11.5. The lowest BCUT2D eigenvalue weighted by molar-refractivity contribution is -0.161. The van der Waals surface area contributed by atoms with Gasteiger partial charge in [-0.25, -0.2) is 0 Å². The van der Waals surface area contributed by atoms with Crippen molar-refractivity contribution in [3.05, 3.63) is 29.8 Å². The summed E-state index contributed by atoms with van der Waals surface area (Å²) < 4.78 is 10.5. The summed E-state index contributed by atoms with van der Waals surface area (Å²) in [5.74, 6) is 0.0935. The van der Waals surface area contributed by atoms with Crippen LogP contribution in [0.4, 0.5) is 0 Å². The lowest BCUT2D eigenvalue weighted by Gasteiger charge is -2.46. The molecule has 0 spiro atoms. The van der Waals surface area contributed by atoms with Gasteiger partial charge in [0.2, 0.25) is 0 Å². The van der Waals surface area contributed by atoms with Crippen molar-refractivity contribution < 1.29 is 19.4 Å². The first-order valence-electron chi connectivity index (χ1n) is 6.10. The molecule has 3 rings (SSSR count). The minimum Gasteiger partial charge on any atom is -0.497 e. The van der Waals surface area contributed by atoms with E-state index >= 15 is 0 Å². The van der Waals surface area contributed by atoms with E-state index in [9.17, 15) is 9.90 Å². The van der Waals surface area contributed by atoms with Crippen LogP contribution >= 0.6 is 0 Å². The van der Waals surface area contributed by atoms with E-state index in [4.69, 9.17) is 9.47 Å². The maximum absolute atomic E-state index is 11.5. The molecule has 0 unspecified atom stereocenters. The summed E-state index contributed by atoms with van der Waals surface area (Å²) in [6.45, 7) is 1.01. The fourth-order valence-electron chi connectivity index (χ4n) is 2.96. The van der Waals surface area contributed by atoms with Crippen LogP contribution in [0.5, 0.6) is 5.75 Å². The molecule has 4 nitrogen and oxygen atoms in total. The zero-order valence-electron chi connectivity index (χ0n) is 10.3. The highest BCUT2D eigenvalue weighted by Crippen LogP contribution is 2.62. The minimum absolute atomic E-state index is 0.342. The predicted octanol–water partition coefficient (Wildman–Crippen LogP) is 1.83. The highest BCUT2D eigenvalue weighted by Gasteiger charge is 2.68. The molecule has 0 aromatic heterocycles. The first-order valence-corrected chi connectivity index (χ1v) is 6.10. The quantitative estimate of drug-likeness (QED) is 0.883. The standard InChI is InChI=1S/C14H16O4/c1-17-11-4-2-10(3-5-11)14(8-18-9-14)13(6-7-13)12(15)16/h2-5H,6-9H2,1H3,(H,15,16). The van der Waals surface area contributed by atoms with E-state index in [0.29, 0.717) is 13.2 Å². The van der Waals surface area contributed by atoms with Crippen LogP contribution in [-0.2, 0) is 14.9 Å². The topological polar surface area (TPSA) is 55.8 Å². The molecule has 1 saturated carbocycles. The maximum atomic E-state index is 11.5. The van der Waals surface area contributed by atoms with Gasteiger partial charge in [-0.2, -0.15) is 0 Å². The van der Waals surface area contributed by atoms with Crippen LogP contribution in [0.15, 0.2) is 24.3 Å². The molecule has 2 aliphatic rings. The van der Waals surface area contributed by atoms with Gasteiger partial charge in [0.25, 0.3) is 0 Å². The molecule has 2 fully saturated rings. The number of methoxy groups -OCH3 is 1. The van der Waals surface area contributed by atoms with Crippen LogP contribution in [0.2, 0.25) is 0 Å². The molecule has 0 amide bonds. The number of ether oxygens (including phenoxy) is 2. The lowest BCUT2D eigenvalue weighted by atomic mass is 9.66. The smallest absolute Gasteiger partial charge is 0.310 e. The third kappa shape index (κ3) is 1.32. The van der Waals surface area contributed by atoms with Crippen molar-refractivity contribution in [1.82, 2.24) is 0 Å². The molecule has 1 heterocycles. The molecule has 1 saturated heterocycles. The van der Waals surface area contributed by atoms with Gasteiger partial charge in [0, 0.05) is 0 Å². The van der Waals surface area contributed by atoms with E-state index in [-0.39, 0.29) is 5.41 Å². The Kier molecular flexibility index (Phi) is 2.38. The Balaban J connectivity index is 1.99. The second-order valence-corrected chi connectivity index (χ2v) is 5.19. The van der Waals surface area contributed by atoms with Crippen molar-refractivity contribution in [2.24, 2.45) is 5.41 Å². The van der Waals surface area contributed by atoms with Crippen LogP contribution in [0.1, 0.15) is 18.4 Å². The molecule has 1 aliphatic heterocycles. The van der Waals surface area contributed by atoms with E-state index < -0.39 is 11.4 Å². The zero-order chi connectivity index (χ0) is 12.8. The number of benzene rings is 1. The second-order valence-electron chi connectivity index (χ2n) is 5.19. The predicted molar refractivity (Wildman–Crippen MR) is 64.8 cm³/mol. The van der Waals surface area contributed by atoms with Crippen molar-refractivity contribution in [3.8, 4) is 5.75 Å². The van der Waals surface area contributed by atoms with Gasteiger partial charge < -0.3 is 14.6 Å². The molecule has 96 valence electrons. The first-order chi connectivity index (χ1) is 8.64. The van der Waals surface area contributed by atoms with Crippen molar-refractivity contribution in [2.45, 2.75) is 18.3 Å². The Morgan fingerprint density at radius 2 is 1.89 bits per heavy atom. The SMILES string of the molecule is COc1ccc(C2(C3(C(=O)O)CC3)COC2)cc1. The number of hydrogen-bond acceptors (Lipinski definition) is 3. The molecular formula is C14H16O4. The highest BCUT2D eigenvalue weighted by atomic mass is 16.5. The Hall–Kier alpha value is -1.55. The largest absolute Gasteiger partial charge is 0.497 e. The van der Waals surface area contributed by atoms with Crippen LogP contribution in [-0.4, -0.2) is 31.4 Å². The van der Waals surface area contributed by atoms with Gasteiger partial charge in [0.15, 0.2) is 0 Å². The highest BCUT2D eigenvalue weighted by molar-refractivity contribution is 5.81. The molecular weight excluding hydrogens is 232 g/mol. The van der Waals surface area contributed by atoms with E-state index in [1.165, 1.54) is 0 Å². The van der Waals surface area contributed by atoms with Crippen LogP contribution in [0.3, 0.4) is 0 Å². The molecule has 1 aromatic carbocycles. The van der Waals surface area contributed by atoms with Crippen LogP contribution < -0.4 is 4.74 Å². The van der Waals surface area contributed by atoms with Crippen molar-refractivity contribution in [3.63, 3.8) is 0 Å². The lowest BCUT2D eigenvalue weighted by Crippen LogP contribution is -2.56. The molecule has 1 aliphatic carbocycles. The summed E-state index contributed by atoms with van der Waals surface area (Å²) in [5, 5.41) is 9.49. The number of rotatable bonds is 4. The van der Waals surface area contributed by atoms with Gasteiger partial charge >= 0.3 is 5.97 Å². The maximum Gasteiger partial charge on any atom is 0.310 e. The minimum atomic E-state index is -0.693. The first kappa shape index (κ1) is 11.5. The molecule has 4 heteroatoms. The summed E-state index contributed by atoms with van der Waals surface area (Å²) in [6, 6.07) is 7.69. The van der Waals surface area contributed by atoms with E-state index in [2.05, 4.69) is 0 Å². The van der Waals surface area contributed by atoms with Gasteiger partial charge in [-0.1, -0.05) is 12.1 Å². The normalized spacial score (nSPS) is 22.9. The Bertz CT molecular complexity index is 469. The molecule has 1 N–H and O–H groups in total. The summed E-state index contributed by atoms with van der Waals surface area (Å²) in [6.07, 6.45) is 1.50. The van der Waals surface area contributed by atoms with E-state index in [1.807, 2.05) is 24.3 Å². The number of carboxylic acids is 1. The molecule has 1 aromatic rings. The van der Waals surface area contributed by atoms with E-state index in [0.717, 1.165) is 24.2 Å². The molecule has 0 radical (unpaired) electrons. The van der Waals surface area contributed by atoms with Crippen molar-refractivity contribution >= 4 is 5.97 Å². The van der Waals surface area contributed by atoms with Crippen LogP contribution in [0.25, 0.3) is 0 Å². The monoisotopic (exact) mass is 248 g/mol. The van der Waals surface area contributed by atoms with Gasteiger partial charge in [-0.3, -0.25) is 4.79 Å². The Morgan fingerprint density at radius 1 is 1.28 bits per heavy atom. The van der Waals surface area contributed by atoms with Crippen molar-refractivity contribution in [2.75, 3.05) is 20.3 Å².